The highest BCUT2D eigenvalue weighted by Crippen LogP contribution is 2.40. The molecule has 1 fully saturated rings. The summed E-state index contributed by atoms with van der Waals surface area (Å²) in [6.45, 7) is 1.67. The number of ketones is 1. The number of likely N-dealkylation sites (N-methyl/N-ethyl adjacent to an activating group) is 1. The van der Waals surface area contributed by atoms with E-state index < -0.39 is 17.7 Å². The lowest BCUT2D eigenvalue weighted by Crippen LogP contribution is -2.35. The van der Waals surface area contributed by atoms with Crippen molar-refractivity contribution in [1.82, 2.24) is 9.80 Å². The molecule has 1 atom stereocenters. The number of benzene rings is 2. The Morgan fingerprint density at radius 2 is 1.82 bits per heavy atom. The van der Waals surface area contributed by atoms with Gasteiger partial charge >= 0.3 is 0 Å². The lowest BCUT2D eigenvalue weighted by Gasteiger charge is -2.27. The van der Waals surface area contributed by atoms with E-state index >= 15 is 0 Å². The Morgan fingerprint density at radius 1 is 1.09 bits per heavy atom. The Bertz CT molecular complexity index is 1090. The zero-order valence-corrected chi connectivity index (χ0v) is 19.7. The highest BCUT2D eigenvalue weighted by Gasteiger charge is 2.45. The molecule has 0 bridgehead atoms. The van der Waals surface area contributed by atoms with E-state index in [1.54, 1.807) is 11.0 Å². The molecule has 1 saturated heterocycles. The number of anilines is 1. The van der Waals surface area contributed by atoms with Crippen LogP contribution in [0, 0.1) is 0 Å². The molecule has 2 aromatic carbocycles. The molecule has 33 heavy (non-hydrogen) atoms. The van der Waals surface area contributed by atoms with Crippen LogP contribution in [0.5, 0.6) is 5.75 Å². The van der Waals surface area contributed by atoms with Gasteiger partial charge in [-0.05, 0) is 68.4 Å². The molecule has 2 aliphatic heterocycles. The monoisotopic (exact) mass is 449 g/mol. The molecule has 0 radical (unpaired) electrons. The fourth-order valence-electron chi connectivity index (χ4n) is 4.38. The van der Waals surface area contributed by atoms with Gasteiger partial charge in [-0.1, -0.05) is 12.1 Å². The van der Waals surface area contributed by atoms with E-state index in [9.17, 15) is 14.7 Å². The van der Waals surface area contributed by atoms with Crippen molar-refractivity contribution in [1.29, 1.82) is 0 Å². The van der Waals surface area contributed by atoms with Gasteiger partial charge in [0.05, 0.1) is 18.2 Å². The molecule has 0 aliphatic carbocycles. The number of amides is 1. The summed E-state index contributed by atoms with van der Waals surface area (Å²) in [5, 5.41) is 11.3. The number of aliphatic hydroxyl groups excluding tert-OH is 1. The van der Waals surface area contributed by atoms with Gasteiger partial charge in [0.25, 0.3) is 11.7 Å². The van der Waals surface area contributed by atoms with Crippen LogP contribution in [-0.4, -0.2) is 74.5 Å². The predicted octanol–water partition coefficient (Wildman–Crippen LogP) is 3.06. The minimum atomic E-state index is -0.651. The van der Waals surface area contributed by atoms with Gasteiger partial charge in [-0.3, -0.25) is 9.59 Å². The van der Waals surface area contributed by atoms with E-state index in [1.165, 1.54) is 0 Å². The van der Waals surface area contributed by atoms with Crippen molar-refractivity contribution in [2.75, 3.05) is 52.8 Å². The third-order valence-corrected chi connectivity index (χ3v) is 6.24. The van der Waals surface area contributed by atoms with Crippen LogP contribution in [0.25, 0.3) is 5.76 Å². The van der Waals surface area contributed by atoms with Crippen LogP contribution in [0.1, 0.15) is 29.2 Å². The molecule has 2 aliphatic rings. The van der Waals surface area contributed by atoms with Crippen LogP contribution in [0.15, 0.2) is 48.0 Å². The number of carbonyl (C=O) groups is 2. The van der Waals surface area contributed by atoms with Gasteiger partial charge in [-0.25, -0.2) is 0 Å². The second-order valence-corrected chi connectivity index (χ2v) is 9.06. The van der Waals surface area contributed by atoms with Crippen LogP contribution in [0.3, 0.4) is 0 Å². The van der Waals surface area contributed by atoms with Gasteiger partial charge in [-0.15, -0.1) is 0 Å². The number of fused-ring (bicyclic) bond motifs is 1. The third kappa shape index (κ3) is 4.46. The molecule has 1 unspecified atom stereocenters. The number of hydrogen-bond donors (Lipinski definition) is 1. The molecule has 0 saturated carbocycles. The topological polar surface area (TPSA) is 73.3 Å². The van der Waals surface area contributed by atoms with Crippen LogP contribution in [-0.2, 0) is 16.0 Å². The summed E-state index contributed by atoms with van der Waals surface area (Å²) in [5.74, 6) is -0.570. The van der Waals surface area contributed by atoms with Crippen molar-refractivity contribution in [2.24, 2.45) is 0 Å². The largest absolute Gasteiger partial charge is 0.507 e. The van der Waals surface area contributed by atoms with Gasteiger partial charge < -0.3 is 24.5 Å². The van der Waals surface area contributed by atoms with Crippen LogP contribution in [0.2, 0.25) is 0 Å². The quantitative estimate of drug-likeness (QED) is 0.415. The van der Waals surface area contributed by atoms with E-state index in [2.05, 4.69) is 0 Å². The number of nitrogens with zero attached hydrogens (tertiary/aromatic N) is 3. The number of aryl methyl sites for hydroxylation is 1. The van der Waals surface area contributed by atoms with Crippen molar-refractivity contribution >= 4 is 23.1 Å². The maximum absolute atomic E-state index is 13.2. The van der Waals surface area contributed by atoms with E-state index in [0.717, 1.165) is 35.4 Å². The fraction of sp³-hybridized carbons (Fsp3) is 0.385. The van der Waals surface area contributed by atoms with Gasteiger partial charge in [0, 0.05) is 38.4 Å². The van der Waals surface area contributed by atoms with Crippen molar-refractivity contribution in [2.45, 2.75) is 18.9 Å². The second kappa shape index (κ2) is 9.27. The molecule has 7 heteroatoms. The SMILES string of the molecule is CN(C)CCN1C(=O)C(=O)/C(=C(\O)c2ccc3c(c2)CCCO3)C1c1ccc(N(C)C)cc1. The van der Waals surface area contributed by atoms with Gasteiger partial charge in [0.1, 0.15) is 11.5 Å². The third-order valence-electron chi connectivity index (χ3n) is 6.24. The molecular formula is C26H31N3O4. The minimum Gasteiger partial charge on any atom is -0.507 e. The highest BCUT2D eigenvalue weighted by atomic mass is 16.5. The summed E-state index contributed by atoms with van der Waals surface area (Å²) in [5.41, 5.74) is 3.46. The molecule has 1 N–H and O–H groups in total. The summed E-state index contributed by atoms with van der Waals surface area (Å²) < 4.78 is 5.68. The number of hydrogen-bond acceptors (Lipinski definition) is 6. The first-order valence-corrected chi connectivity index (χ1v) is 11.2. The van der Waals surface area contributed by atoms with Gasteiger partial charge in [0.2, 0.25) is 0 Å². The van der Waals surface area contributed by atoms with Crippen molar-refractivity contribution in [3.8, 4) is 5.75 Å². The van der Waals surface area contributed by atoms with E-state index in [-0.39, 0.29) is 11.3 Å². The molecule has 1 amide bonds. The first-order chi connectivity index (χ1) is 15.8. The maximum atomic E-state index is 13.2. The molecule has 7 nitrogen and oxygen atoms in total. The Hall–Kier alpha value is -3.32. The van der Waals surface area contributed by atoms with Crippen molar-refractivity contribution in [3.05, 3.63) is 64.7 Å². The molecule has 0 aromatic heterocycles. The molecule has 0 spiro atoms. The lowest BCUT2D eigenvalue weighted by atomic mass is 9.94. The molecule has 2 aromatic rings. The smallest absolute Gasteiger partial charge is 0.295 e. The lowest BCUT2D eigenvalue weighted by molar-refractivity contribution is -0.140. The van der Waals surface area contributed by atoms with E-state index in [1.807, 2.05) is 74.4 Å². The summed E-state index contributed by atoms with van der Waals surface area (Å²) >= 11 is 0. The Morgan fingerprint density at radius 3 is 2.48 bits per heavy atom. The zero-order chi connectivity index (χ0) is 23.7. The Labute approximate surface area is 194 Å². The standard InChI is InChI=1S/C26H31N3O4/c1-27(2)13-14-29-23(17-7-10-20(11-8-17)28(3)4)22(25(31)26(29)32)24(30)19-9-12-21-18(16-19)6-5-15-33-21/h7-12,16,23,30H,5-6,13-15H2,1-4H3/b24-22-. The van der Waals surface area contributed by atoms with Crippen molar-refractivity contribution < 1.29 is 19.4 Å². The first kappa shape index (κ1) is 22.9. The summed E-state index contributed by atoms with van der Waals surface area (Å²) in [6, 6.07) is 12.5. The predicted molar refractivity (Wildman–Crippen MR) is 129 cm³/mol. The minimum absolute atomic E-state index is 0.132. The Kier molecular flexibility index (Phi) is 6.42. The molecule has 4 rings (SSSR count). The van der Waals surface area contributed by atoms with Crippen LogP contribution < -0.4 is 9.64 Å². The zero-order valence-electron chi connectivity index (χ0n) is 19.7. The summed E-state index contributed by atoms with van der Waals surface area (Å²) in [4.78, 5) is 31.7. The fourth-order valence-corrected chi connectivity index (χ4v) is 4.38. The average Bonchev–Trinajstić information content (AvgIpc) is 3.06. The average molecular weight is 450 g/mol. The molecule has 174 valence electrons. The number of aliphatic hydroxyl groups is 1. The maximum Gasteiger partial charge on any atom is 0.295 e. The number of rotatable bonds is 6. The number of carbonyl (C=O) groups excluding carboxylic acids is 2. The van der Waals surface area contributed by atoms with Gasteiger partial charge in [0.15, 0.2) is 0 Å². The number of ether oxygens (including phenoxy) is 1. The molecule has 2 heterocycles. The van der Waals surface area contributed by atoms with Crippen LogP contribution >= 0.6 is 0 Å². The normalized spacial score (nSPS) is 19.5. The Balaban J connectivity index is 1.81. The highest BCUT2D eigenvalue weighted by molar-refractivity contribution is 6.46. The van der Waals surface area contributed by atoms with E-state index in [4.69, 9.17) is 4.74 Å². The number of Topliss-reactive ketones (excluding diaryl/α,β-unsaturated/α-hetero) is 1. The van der Waals surface area contributed by atoms with Gasteiger partial charge in [-0.2, -0.15) is 0 Å². The first-order valence-electron chi connectivity index (χ1n) is 11.2. The molecular weight excluding hydrogens is 418 g/mol. The van der Waals surface area contributed by atoms with Crippen LogP contribution in [0.4, 0.5) is 5.69 Å². The second-order valence-electron chi connectivity index (χ2n) is 9.06. The van der Waals surface area contributed by atoms with Crippen molar-refractivity contribution in [3.63, 3.8) is 0 Å². The van der Waals surface area contributed by atoms with E-state index in [0.29, 0.717) is 25.3 Å². The summed E-state index contributed by atoms with van der Waals surface area (Å²) in [6.07, 6.45) is 1.76. The number of likely N-dealkylation sites (tertiary alicyclic amines) is 1. The summed E-state index contributed by atoms with van der Waals surface area (Å²) in [7, 11) is 7.76.